The third-order valence-corrected chi connectivity index (χ3v) is 7.76. The van der Waals surface area contributed by atoms with Crippen LogP contribution in [0.25, 0.3) is 0 Å². The van der Waals surface area contributed by atoms with Gasteiger partial charge in [0.15, 0.2) is 0 Å². The van der Waals surface area contributed by atoms with Gasteiger partial charge in [-0.3, -0.25) is 0 Å². The maximum Gasteiger partial charge on any atom is 0.309 e. The maximum atomic E-state index is 3.59. The Hall–Kier alpha value is -0.348. The van der Waals surface area contributed by atoms with Crippen LogP contribution >= 0.6 is 0 Å². The summed E-state index contributed by atoms with van der Waals surface area (Å²) in [6.45, 7) is 8.99. The molecule has 1 heteroatoms. The second-order valence-corrected chi connectivity index (χ2v) is 9.62. The quantitative estimate of drug-likeness (QED) is 0.354. The van der Waals surface area contributed by atoms with E-state index >= 15 is 0 Å². The summed E-state index contributed by atoms with van der Waals surface area (Å²) < 4.78 is 0. The first kappa shape index (κ1) is 16.7. The summed E-state index contributed by atoms with van der Waals surface area (Å²) in [6.07, 6.45) is 7.08. The summed E-state index contributed by atoms with van der Waals surface area (Å²) in [5.74, 6) is 6.78. The second-order valence-electron chi connectivity index (χ2n) is 4.92. The monoisotopic (exact) mass is 247 g/mol. The maximum absolute atomic E-state index is 3.59. The Bertz CT molecular complexity index is 263. The van der Waals surface area contributed by atoms with Gasteiger partial charge in [0, 0.05) is 12.8 Å². The van der Waals surface area contributed by atoms with Crippen LogP contribution in [-0.2, 0) is 0 Å². The zero-order valence-corrected chi connectivity index (χ0v) is 13.4. The predicted molar refractivity (Wildman–Crippen MR) is 81.3 cm³/mol. The van der Waals surface area contributed by atoms with Gasteiger partial charge in [-0.1, -0.05) is 26.7 Å². The molecule has 0 nitrogen and oxygen atoms in total. The van der Waals surface area contributed by atoms with Crippen molar-refractivity contribution >= 4 is 13.1 Å². The van der Waals surface area contributed by atoms with E-state index in [1.807, 2.05) is 0 Å². The number of hydrogen-bond acceptors (Lipinski definition) is 0. The molecule has 0 radical (unpaired) electrons. The molecule has 0 aliphatic heterocycles. The van der Waals surface area contributed by atoms with E-state index in [0.717, 1.165) is 12.8 Å². The highest BCUT2D eigenvalue weighted by atomic mass is 27.2. The standard InChI is InChI=1S/2C6H9.2C2H5.Al/c2*1-3-5-6-4-2;2*1-2;/h2*3,5-6H2,1H3;2*1H2,2H3;/q;;;;-1. The fourth-order valence-electron chi connectivity index (χ4n) is 1.80. The predicted octanol–water partition coefficient (Wildman–Crippen LogP) is 4.94. The topological polar surface area (TPSA) is 0 Å². The molecule has 0 bridgehead atoms. The Morgan fingerprint density at radius 1 is 0.706 bits per heavy atom. The Morgan fingerprint density at radius 2 is 1.12 bits per heavy atom. The third kappa shape index (κ3) is 7.55. The average molecular weight is 247 g/mol. The van der Waals surface area contributed by atoms with E-state index in [1.54, 1.807) is 0 Å². The van der Waals surface area contributed by atoms with Gasteiger partial charge in [0.2, 0.25) is 0 Å². The molecule has 0 saturated heterocycles. The van der Waals surface area contributed by atoms with Crippen LogP contribution in [0.3, 0.4) is 0 Å². The lowest BCUT2D eigenvalue weighted by Gasteiger charge is -2.20. The van der Waals surface area contributed by atoms with E-state index in [2.05, 4.69) is 49.1 Å². The van der Waals surface area contributed by atoms with E-state index in [0.29, 0.717) is 0 Å². The lowest BCUT2D eigenvalue weighted by atomic mass is 10.3. The molecular weight excluding hydrogens is 219 g/mol. The second kappa shape index (κ2) is 10.8. The Labute approximate surface area is 111 Å². The van der Waals surface area contributed by atoms with Crippen molar-refractivity contribution in [3.8, 4) is 21.4 Å². The van der Waals surface area contributed by atoms with Crippen LogP contribution in [0, 0.1) is 21.4 Å². The average Bonchev–Trinajstić information content (AvgIpc) is 2.37. The summed E-state index contributed by atoms with van der Waals surface area (Å²) in [5, 5.41) is 2.42. The molecule has 0 atom stereocenters. The molecule has 0 heterocycles. The lowest BCUT2D eigenvalue weighted by Crippen LogP contribution is -2.29. The molecule has 0 fully saturated rings. The largest absolute Gasteiger partial charge is 0.337 e. The van der Waals surface area contributed by atoms with E-state index in [-0.39, 0.29) is 0 Å². The molecular formula is C16H28Al-. The van der Waals surface area contributed by atoms with Gasteiger partial charge in [0.25, 0.3) is 0 Å². The third-order valence-electron chi connectivity index (χ3n) is 3.46. The number of hydrogen-bond donors (Lipinski definition) is 0. The summed E-state index contributed by atoms with van der Waals surface area (Å²) in [5.41, 5.74) is 0. The summed E-state index contributed by atoms with van der Waals surface area (Å²) in [7, 11) is 0. The molecule has 0 amide bonds. The molecule has 0 spiro atoms. The number of unbranched alkanes of at least 4 members (excludes halogenated alkanes) is 4. The van der Waals surface area contributed by atoms with Crippen LogP contribution in [0.15, 0.2) is 0 Å². The van der Waals surface area contributed by atoms with Crippen LogP contribution in [0.5, 0.6) is 0 Å². The van der Waals surface area contributed by atoms with Crippen LogP contribution in [0.4, 0.5) is 0 Å². The number of rotatable bonds is 6. The first-order chi connectivity index (χ1) is 8.24. The van der Waals surface area contributed by atoms with Gasteiger partial charge >= 0.3 is 13.1 Å². The lowest BCUT2D eigenvalue weighted by molar-refractivity contribution is 0.828. The highest BCUT2D eigenvalue weighted by Crippen LogP contribution is 2.13. The van der Waals surface area contributed by atoms with Crippen molar-refractivity contribution in [1.29, 1.82) is 0 Å². The highest BCUT2D eigenvalue weighted by molar-refractivity contribution is 6.94. The molecule has 0 aromatic rings. The smallest absolute Gasteiger partial charge is 0.309 e. The summed E-state index contributed by atoms with van der Waals surface area (Å²) >= 11 is -1.87. The first-order valence-corrected chi connectivity index (χ1v) is 10.2. The summed E-state index contributed by atoms with van der Waals surface area (Å²) in [6, 6.07) is 0. The van der Waals surface area contributed by atoms with Gasteiger partial charge in [0.05, 0.1) is 0 Å². The Morgan fingerprint density at radius 3 is 1.41 bits per heavy atom. The van der Waals surface area contributed by atoms with Gasteiger partial charge in [0.1, 0.15) is 0 Å². The van der Waals surface area contributed by atoms with Gasteiger partial charge in [-0.25, -0.2) is 0 Å². The van der Waals surface area contributed by atoms with Crippen molar-refractivity contribution in [2.75, 3.05) is 0 Å². The highest BCUT2D eigenvalue weighted by Gasteiger charge is 2.20. The molecule has 0 aromatic heterocycles. The molecule has 96 valence electrons. The van der Waals surface area contributed by atoms with Gasteiger partial charge < -0.3 is 9.56 Å². The van der Waals surface area contributed by atoms with Gasteiger partial charge in [-0.2, -0.15) is 22.4 Å². The Kier molecular flexibility index (Phi) is 10.6. The first-order valence-electron chi connectivity index (χ1n) is 7.43. The molecule has 0 aromatic carbocycles. The molecule has 0 saturated carbocycles. The minimum absolute atomic E-state index is 1.06. The van der Waals surface area contributed by atoms with Crippen molar-refractivity contribution in [1.82, 2.24) is 0 Å². The van der Waals surface area contributed by atoms with Crippen molar-refractivity contribution < 1.29 is 0 Å². The van der Waals surface area contributed by atoms with E-state index in [1.165, 1.54) is 36.2 Å². The molecule has 0 unspecified atom stereocenters. The zero-order valence-electron chi connectivity index (χ0n) is 12.2. The fourth-order valence-corrected chi connectivity index (χ4v) is 4.33. The Balaban J connectivity index is 4.50. The summed E-state index contributed by atoms with van der Waals surface area (Å²) in [4.78, 5) is 7.17. The van der Waals surface area contributed by atoms with Crippen molar-refractivity contribution in [2.24, 2.45) is 0 Å². The molecule has 17 heavy (non-hydrogen) atoms. The molecule has 0 aliphatic carbocycles. The van der Waals surface area contributed by atoms with Crippen molar-refractivity contribution in [2.45, 2.75) is 76.8 Å². The van der Waals surface area contributed by atoms with E-state index in [9.17, 15) is 0 Å². The minimum Gasteiger partial charge on any atom is -0.337 e. The molecule has 0 aliphatic rings. The van der Waals surface area contributed by atoms with Crippen LogP contribution in [0.2, 0.25) is 10.6 Å². The van der Waals surface area contributed by atoms with Crippen molar-refractivity contribution in [3.05, 3.63) is 0 Å². The SMILES string of the molecule is CCCCC#[C][Al-]([C]#CCCCC)([CH2]C)[CH2]C. The zero-order chi connectivity index (χ0) is 13.0. The van der Waals surface area contributed by atoms with E-state index < -0.39 is 13.1 Å². The normalized spacial score (nSPS) is 10.1. The van der Waals surface area contributed by atoms with Crippen LogP contribution in [-0.4, -0.2) is 13.1 Å². The van der Waals surface area contributed by atoms with Crippen molar-refractivity contribution in [3.63, 3.8) is 0 Å². The van der Waals surface area contributed by atoms with Gasteiger partial charge in [-0.15, -0.1) is 13.8 Å². The fraction of sp³-hybridized carbons (Fsp3) is 0.750. The van der Waals surface area contributed by atoms with Crippen LogP contribution in [0.1, 0.15) is 66.2 Å². The molecule has 0 N–H and O–H groups in total. The van der Waals surface area contributed by atoms with Gasteiger partial charge in [-0.05, 0) is 12.8 Å². The van der Waals surface area contributed by atoms with Crippen LogP contribution < -0.4 is 0 Å². The molecule has 0 rings (SSSR count). The minimum atomic E-state index is -1.87. The van der Waals surface area contributed by atoms with E-state index in [4.69, 9.17) is 0 Å².